The first kappa shape index (κ1) is 21.9. The van der Waals surface area contributed by atoms with Gasteiger partial charge in [0.15, 0.2) is 0 Å². The molecule has 0 unspecified atom stereocenters. The number of carbonyl (C=O) groups excluding carboxylic acids is 3. The number of hydrogen-bond acceptors (Lipinski definition) is 5. The van der Waals surface area contributed by atoms with Gasteiger partial charge in [-0.1, -0.05) is 29.8 Å². The van der Waals surface area contributed by atoms with E-state index in [1.54, 1.807) is 61.5 Å². The van der Waals surface area contributed by atoms with Crippen molar-refractivity contribution in [3.8, 4) is 0 Å². The van der Waals surface area contributed by atoms with Gasteiger partial charge in [-0.2, -0.15) is 0 Å². The van der Waals surface area contributed by atoms with Gasteiger partial charge in [-0.25, -0.2) is 4.79 Å². The second kappa shape index (κ2) is 10.3. The van der Waals surface area contributed by atoms with Gasteiger partial charge in [0, 0.05) is 11.8 Å². The molecule has 158 valence electrons. The number of ether oxygens (including phenoxy) is 1. The number of nitrogens with one attached hydrogen (secondary N) is 2. The Morgan fingerprint density at radius 3 is 2.58 bits per heavy atom. The van der Waals surface area contributed by atoms with E-state index in [4.69, 9.17) is 20.8 Å². The maximum atomic E-state index is 12.9. The number of carbonyl (C=O) groups is 3. The molecule has 0 spiro atoms. The molecule has 0 atom stereocenters. The fourth-order valence-corrected chi connectivity index (χ4v) is 2.87. The highest BCUT2D eigenvalue weighted by molar-refractivity contribution is 6.34. The van der Waals surface area contributed by atoms with Crippen molar-refractivity contribution in [2.45, 2.75) is 6.92 Å². The molecule has 7 nitrogen and oxygen atoms in total. The zero-order valence-electron chi connectivity index (χ0n) is 16.6. The minimum Gasteiger partial charge on any atom is -0.465 e. The molecule has 0 aliphatic heterocycles. The standard InChI is InChI=1S/C23H19ClN2O5/c1-2-30-23(29)15-7-5-8-16(13-15)25-22(28)20(14-17-9-6-12-31-17)26-21(27)18-10-3-4-11-19(18)24/h3-14H,2H2,1H3,(H,25,28)(H,26,27). The van der Waals surface area contributed by atoms with Crippen molar-refractivity contribution >= 4 is 41.1 Å². The number of hydrogen-bond donors (Lipinski definition) is 2. The van der Waals surface area contributed by atoms with Gasteiger partial charge in [-0.15, -0.1) is 0 Å². The highest BCUT2D eigenvalue weighted by Crippen LogP contribution is 2.17. The molecule has 1 heterocycles. The summed E-state index contributed by atoms with van der Waals surface area (Å²) >= 11 is 6.08. The highest BCUT2D eigenvalue weighted by atomic mass is 35.5. The van der Waals surface area contributed by atoms with Crippen LogP contribution in [0.2, 0.25) is 5.02 Å². The molecule has 0 radical (unpaired) electrons. The van der Waals surface area contributed by atoms with Crippen molar-refractivity contribution in [2.24, 2.45) is 0 Å². The topological polar surface area (TPSA) is 97.6 Å². The van der Waals surface area contributed by atoms with Crippen LogP contribution in [-0.4, -0.2) is 24.4 Å². The molecule has 0 aliphatic carbocycles. The van der Waals surface area contributed by atoms with Crippen LogP contribution in [0.25, 0.3) is 6.08 Å². The van der Waals surface area contributed by atoms with Gasteiger partial charge < -0.3 is 19.8 Å². The quantitative estimate of drug-likeness (QED) is 0.417. The molecule has 0 bridgehead atoms. The Kier molecular flexibility index (Phi) is 7.24. The zero-order chi connectivity index (χ0) is 22.2. The third kappa shape index (κ3) is 5.83. The lowest BCUT2D eigenvalue weighted by Gasteiger charge is -2.12. The molecule has 3 aromatic rings. The normalized spacial score (nSPS) is 11.0. The summed E-state index contributed by atoms with van der Waals surface area (Å²) in [7, 11) is 0. The Hall–Kier alpha value is -3.84. The molecule has 31 heavy (non-hydrogen) atoms. The van der Waals surface area contributed by atoms with Crippen molar-refractivity contribution in [1.29, 1.82) is 0 Å². The minimum absolute atomic E-state index is 0.0681. The number of rotatable bonds is 7. The van der Waals surface area contributed by atoms with Crippen LogP contribution in [-0.2, 0) is 9.53 Å². The third-order valence-electron chi connectivity index (χ3n) is 4.07. The number of furan rings is 1. The van der Waals surface area contributed by atoms with Gasteiger partial charge in [0.05, 0.1) is 29.0 Å². The Morgan fingerprint density at radius 2 is 1.87 bits per heavy atom. The first-order valence-corrected chi connectivity index (χ1v) is 9.75. The third-order valence-corrected chi connectivity index (χ3v) is 4.40. The Labute approximate surface area is 183 Å². The van der Waals surface area contributed by atoms with E-state index in [2.05, 4.69) is 10.6 Å². The molecule has 0 fully saturated rings. The van der Waals surface area contributed by atoms with Gasteiger partial charge in [0.1, 0.15) is 11.5 Å². The van der Waals surface area contributed by atoms with Crippen LogP contribution in [0.15, 0.2) is 77.0 Å². The highest BCUT2D eigenvalue weighted by Gasteiger charge is 2.18. The number of anilines is 1. The van der Waals surface area contributed by atoms with Crippen LogP contribution >= 0.6 is 11.6 Å². The summed E-state index contributed by atoms with van der Waals surface area (Å²) in [5, 5.41) is 5.47. The number of benzene rings is 2. The summed E-state index contributed by atoms with van der Waals surface area (Å²) in [4.78, 5) is 37.5. The number of amides is 2. The van der Waals surface area contributed by atoms with Gasteiger partial charge in [-0.3, -0.25) is 9.59 Å². The molecular formula is C23H19ClN2O5. The van der Waals surface area contributed by atoms with Crippen molar-refractivity contribution in [3.05, 3.63) is 94.5 Å². The molecular weight excluding hydrogens is 420 g/mol. The predicted molar refractivity (Wildman–Crippen MR) is 117 cm³/mol. The van der Waals surface area contributed by atoms with E-state index in [0.717, 1.165) is 0 Å². The summed E-state index contributed by atoms with van der Waals surface area (Å²) in [6, 6.07) is 16.1. The maximum absolute atomic E-state index is 12.9. The van der Waals surface area contributed by atoms with Crippen LogP contribution in [0.4, 0.5) is 5.69 Å². The number of esters is 1. The summed E-state index contributed by atoms with van der Waals surface area (Å²) < 4.78 is 10.2. The molecule has 2 N–H and O–H groups in total. The minimum atomic E-state index is -0.613. The van der Waals surface area contributed by atoms with Crippen molar-refractivity contribution in [3.63, 3.8) is 0 Å². The second-order valence-corrected chi connectivity index (χ2v) is 6.67. The SMILES string of the molecule is CCOC(=O)c1cccc(NC(=O)C(=Cc2ccco2)NC(=O)c2ccccc2Cl)c1. The van der Waals surface area contributed by atoms with Crippen molar-refractivity contribution in [2.75, 3.05) is 11.9 Å². The van der Waals surface area contributed by atoms with Crippen LogP contribution in [0, 0.1) is 0 Å². The first-order chi connectivity index (χ1) is 15.0. The van der Waals surface area contributed by atoms with Crippen LogP contribution in [0.3, 0.4) is 0 Å². The fourth-order valence-electron chi connectivity index (χ4n) is 2.65. The van der Waals surface area contributed by atoms with Crippen LogP contribution in [0.1, 0.15) is 33.4 Å². The summed E-state index contributed by atoms with van der Waals surface area (Å²) in [6.07, 6.45) is 2.83. The van der Waals surface area contributed by atoms with Gasteiger partial charge in [0.2, 0.25) is 0 Å². The summed E-state index contributed by atoms with van der Waals surface area (Å²) in [5.41, 5.74) is 0.789. The lowest BCUT2D eigenvalue weighted by molar-refractivity contribution is -0.113. The van der Waals surface area contributed by atoms with E-state index >= 15 is 0 Å². The number of halogens is 1. The first-order valence-electron chi connectivity index (χ1n) is 9.37. The molecule has 1 aromatic heterocycles. The van der Waals surface area contributed by atoms with E-state index in [1.807, 2.05) is 0 Å². The molecule has 0 saturated heterocycles. The zero-order valence-corrected chi connectivity index (χ0v) is 17.3. The average molecular weight is 439 g/mol. The van der Waals surface area contributed by atoms with E-state index in [-0.39, 0.29) is 28.5 Å². The predicted octanol–water partition coefficient (Wildman–Crippen LogP) is 4.52. The second-order valence-electron chi connectivity index (χ2n) is 6.26. The van der Waals surface area contributed by atoms with E-state index < -0.39 is 17.8 Å². The molecule has 2 amide bonds. The lowest BCUT2D eigenvalue weighted by Crippen LogP contribution is -2.31. The van der Waals surface area contributed by atoms with E-state index in [9.17, 15) is 14.4 Å². The van der Waals surface area contributed by atoms with Gasteiger partial charge >= 0.3 is 5.97 Å². The molecule has 2 aromatic carbocycles. The van der Waals surface area contributed by atoms with Crippen LogP contribution < -0.4 is 10.6 Å². The van der Waals surface area contributed by atoms with E-state index in [0.29, 0.717) is 11.4 Å². The molecule has 0 saturated carbocycles. The van der Waals surface area contributed by atoms with Crippen molar-refractivity contribution in [1.82, 2.24) is 5.32 Å². The lowest BCUT2D eigenvalue weighted by atomic mass is 10.2. The van der Waals surface area contributed by atoms with Gasteiger partial charge in [0.25, 0.3) is 11.8 Å². The summed E-state index contributed by atoms with van der Waals surface area (Å²) in [6.45, 7) is 1.94. The molecule has 8 heteroatoms. The summed E-state index contributed by atoms with van der Waals surface area (Å²) in [5.74, 6) is -1.31. The van der Waals surface area contributed by atoms with Crippen molar-refractivity contribution < 1.29 is 23.5 Å². The van der Waals surface area contributed by atoms with Crippen LogP contribution in [0.5, 0.6) is 0 Å². The fraction of sp³-hybridized carbons (Fsp3) is 0.0870. The Morgan fingerprint density at radius 1 is 1.06 bits per heavy atom. The Balaban J connectivity index is 1.84. The largest absolute Gasteiger partial charge is 0.465 e. The van der Waals surface area contributed by atoms with Gasteiger partial charge in [-0.05, 0) is 49.4 Å². The smallest absolute Gasteiger partial charge is 0.338 e. The molecule has 3 rings (SSSR count). The average Bonchev–Trinajstić information content (AvgIpc) is 3.27. The molecule has 0 aliphatic rings. The monoisotopic (exact) mass is 438 g/mol. The Bertz CT molecular complexity index is 1120. The van der Waals surface area contributed by atoms with E-state index in [1.165, 1.54) is 18.4 Å². The maximum Gasteiger partial charge on any atom is 0.338 e.